The third kappa shape index (κ3) is 1.84. The Kier molecular flexibility index (Phi) is 2.72. The summed E-state index contributed by atoms with van der Waals surface area (Å²) in [4.78, 5) is 9.21. The Morgan fingerprint density at radius 3 is 2.94 bits per heavy atom. The highest BCUT2D eigenvalue weighted by atomic mass is 16.5. The van der Waals surface area contributed by atoms with Crippen molar-refractivity contribution in [3.8, 4) is 17.1 Å². The fourth-order valence-corrected chi connectivity index (χ4v) is 2.23. The predicted molar refractivity (Wildman–Crippen MR) is 69.3 cm³/mol. The standard InChI is InChI=1S/C14H15N3O/c1-9-12-7-15-8-13(12)17-14(16-9)10-4-3-5-11(6-10)18-2/h3-6,15H,7-8H2,1-2H3. The van der Waals surface area contributed by atoms with E-state index in [9.17, 15) is 0 Å². The van der Waals surface area contributed by atoms with Crippen LogP contribution >= 0.6 is 0 Å². The number of benzene rings is 1. The van der Waals surface area contributed by atoms with E-state index in [1.165, 1.54) is 5.56 Å². The van der Waals surface area contributed by atoms with Crippen LogP contribution in [0.1, 0.15) is 17.0 Å². The predicted octanol–water partition coefficient (Wildman–Crippen LogP) is 2.06. The van der Waals surface area contributed by atoms with Gasteiger partial charge in [-0.3, -0.25) is 0 Å². The van der Waals surface area contributed by atoms with Gasteiger partial charge in [-0.05, 0) is 19.1 Å². The molecule has 0 amide bonds. The molecule has 0 spiro atoms. The molecule has 0 radical (unpaired) electrons. The van der Waals surface area contributed by atoms with Gasteiger partial charge < -0.3 is 10.1 Å². The molecule has 0 fully saturated rings. The van der Waals surface area contributed by atoms with Crippen molar-refractivity contribution in [2.75, 3.05) is 7.11 Å². The maximum absolute atomic E-state index is 5.23. The summed E-state index contributed by atoms with van der Waals surface area (Å²) < 4.78 is 5.23. The first-order chi connectivity index (χ1) is 8.78. The molecule has 1 aromatic heterocycles. The van der Waals surface area contributed by atoms with Crippen LogP contribution in [0.2, 0.25) is 0 Å². The van der Waals surface area contributed by atoms with E-state index in [2.05, 4.69) is 15.3 Å². The molecule has 0 unspecified atom stereocenters. The average Bonchev–Trinajstić information content (AvgIpc) is 2.87. The number of rotatable bonds is 2. The first kappa shape index (κ1) is 11.2. The van der Waals surface area contributed by atoms with Crippen LogP contribution in [0.5, 0.6) is 5.75 Å². The van der Waals surface area contributed by atoms with Crippen molar-refractivity contribution in [3.05, 3.63) is 41.2 Å². The highest BCUT2D eigenvalue weighted by Gasteiger charge is 2.17. The van der Waals surface area contributed by atoms with Crippen LogP contribution in [0, 0.1) is 6.92 Å². The second kappa shape index (κ2) is 4.38. The first-order valence-corrected chi connectivity index (χ1v) is 5.99. The number of aryl methyl sites for hydroxylation is 1. The lowest BCUT2D eigenvalue weighted by Gasteiger charge is -2.07. The number of nitrogens with zero attached hydrogens (tertiary/aromatic N) is 2. The summed E-state index contributed by atoms with van der Waals surface area (Å²) >= 11 is 0. The monoisotopic (exact) mass is 241 g/mol. The van der Waals surface area contributed by atoms with Crippen molar-refractivity contribution < 1.29 is 4.74 Å². The van der Waals surface area contributed by atoms with Gasteiger partial charge in [-0.25, -0.2) is 9.97 Å². The number of methoxy groups -OCH3 is 1. The second-order valence-electron chi connectivity index (χ2n) is 4.39. The van der Waals surface area contributed by atoms with Crippen molar-refractivity contribution in [2.24, 2.45) is 0 Å². The lowest BCUT2D eigenvalue weighted by molar-refractivity contribution is 0.415. The molecule has 4 heteroatoms. The minimum absolute atomic E-state index is 0.772. The van der Waals surface area contributed by atoms with Crippen LogP contribution in [0.4, 0.5) is 0 Å². The third-order valence-corrected chi connectivity index (χ3v) is 3.22. The highest BCUT2D eigenvalue weighted by Crippen LogP contribution is 2.24. The molecule has 0 bridgehead atoms. The van der Waals surface area contributed by atoms with Crippen molar-refractivity contribution >= 4 is 0 Å². The second-order valence-corrected chi connectivity index (χ2v) is 4.39. The number of ether oxygens (including phenoxy) is 1. The van der Waals surface area contributed by atoms with E-state index < -0.39 is 0 Å². The van der Waals surface area contributed by atoms with Crippen LogP contribution in [0.3, 0.4) is 0 Å². The fourth-order valence-electron chi connectivity index (χ4n) is 2.23. The molecule has 0 saturated carbocycles. The Morgan fingerprint density at radius 1 is 1.22 bits per heavy atom. The molecular formula is C14H15N3O. The quantitative estimate of drug-likeness (QED) is 0.874. The van der Waals surface area contributed by atoms with Gasteiger partial charge in [0.05, 0.1) is 12.8 Å². The van der Waals surface area contributed by atoms with Crippen LogP contribution in [-0.2, 0) is 13.1 Å². The van der Waals surface area contributed by atoms with Gasteiger partial charge >= 0.3 is 0 Å². The van der Waals surface area contributed by atoms with Crippen LogP contribution in [0.15, 0.2) is 24.3 Å². The van der Waals surface area contributed by atoms with Gasteiger partial charge in [-0.15, -0.1) is 0 Å². The smallest absolute Gasteiger partial charge is 0.159 e. The Balaban J connectivity index is 2.09. The van der Waals surface area contributed by atoms with E-state index in [4.69, 9.17) is 4.74 Å². The lowest BCUT2D eigenvalue weighted by Crippen LogP contribution is -2.00. The molecule has 2 heterocycles. The first-order valence-electron chi connectivity index (χ1n) is 5.99. The van der Waals surface area contributed by atoms with Gasteiger partial charge in [0.1, 0.15) is 5.75 Å². The summed E-state index contributed by atoms with van der Waals surface area (Å²) in [6, 6.07) is 7.85. The number of aromatic nitrogens is 2. The third-order valence-electron chi connectivity index (χ3n) is 3.22. The molecule has 18 heavy (non-hydrogen) atoms. The molecule has 1 N–H and O–H groups in total. The topological polar surface area (TPSA) is 47.0 Å². The van der Waals surface area contributed by atoms with Crippen LogP contribution in [-0.4, -0.2) is 17.1 Å². The molecule has 2 aromatic rings. The molecule has 4 nitrogen and oxygen atoms in total. The van der Waals surface area contributed by atoms with Gasteiger partial charge in [0.2, 0.25) is 0 Å². The molecule has 0 saturated heterocycles. The highest BCUT2D eigenvalue weighted by molar-refractivity contribution is 5.58. The Labute approximate surface area is 106 Å². The van der Waals surface area contributed by atoms with Gasteiger partial charge in [0.25, 0.3) is 0 Å². The van der Waals surface area contributed by atoms with E-state index in [0.717, 1.165) is 41.6 Å². The summed E-state index contributed by atoms with van der Waals surface area (Å²) in [6.45, 7) is 3.74. The average molecular weight is 241 g/mol. The van der Waals surface area contributed by atoms with Gasteiger partial charge in [0.15, 0.2) is 5.82 Å². The number of hydrogen-bond donors (Lipinski definition) is 1. The summed E-state index contributed by atoms with van der Waals surface area (Å²) in [5.41, 5.74) is 4.40. The zero-order valence-corrected chi connectivity index (χ0v) is 10.5. The minimum atomic E-state index is 0.772. The van der Waals surface area contributed by atoms with E-state index in [-0.39, 0.29) is 0 Å². The summed E-state index contributed by atoms with van der Waals surface area (Å²) in [5, 5.41) is 3.30. The largest absolute Gasteiger partial charge is 0.497 e. The zero-order valence-electron chi connectivity index (χ0n) is 10.5. The number of nitrogens with one attached hydrogen (secondary N) is 1. The lowest BCUT2D eigenvalue weighted by atomic mass is 10.1. The number of fused-ring (bicyclic) bond motifs is 1. The fraction of sp³-hybridized carbons (Fsp3) is 0.286. The SMILES string of the molecule is COc1cccc(-c2nc(C)c3c(n2)CNC3)c1. The molecule has 3 rings (SSSR count). The molecule has 0 aliphatic carbocycles. The van der Waals surface area contributed by atoms with Crippen LogP contribution < -0.4 is 10.1 Å². The molecule has 92 valence electrons. The van der Waals surface area contributed by atoms with E-state index in [0.29, 0.717) is 0 Å². The van der Waals surface area contributed by atoms with Crippen molar-refractivity contribution in [1.82, 2.24) is 15.3 Å². The van der Waals surface area contributed by atoms with Gasteiger partial charge in [0, 0.05) is 29.9 Å². The summed E-state index contributed by atoms with van der Waals surface area (Å²) in [6.07, 6.45) is 0. The Morgan fingerprint density at radius 2 is 2.11 bits per heavy atom. The normalized spacial score (nSPS) is 13.4. The van der Waals surface area contributed by atoms with Crippen molar-refractivity contribution in [3.63, 3.8) is 0 Å². The molecule has 1 aromatic carbocycles. The van der Waals surface area contributed by atoms with Crippen LogP contribution in [0.25, 0.3) is 11.4 Å². The Hall–Kier alpha value is -1.94. The maximum atomic E-state index is 5.23. The van der Waals surface area contributed by atoms with E-state index in [1.54, 1.807) is 7.11 Å². The van der Waals surface area contributed by atoms with E-state index >= 15 is 0 Å². The molecule has 0 atom stereocenters. The molecular weight excluding hydrogens is 226 g/mol. The minimum Gasteiger partial charge on any atom is -0.497 e. The zero-order chi connectivity index (χ0) is 12.5. The summed E-state index contributed by atoms with van der Waals surface area (Å²) in [7, 11) is 1.66. The van der Waals surface area contributed by atoms with Crippen molar-refractivity contribution in [1.29, 1.82) is 0 Å². The maximum Gasteiger partial charge on any atom is 0.159 e. The van der Waals surface area contributed by atoms with E-state index in [1.807, 2.05) is 31.2 Å². The number of hydrogen-bond acceptors (Lipinski definition) is 4. The Bertz CT molecular complexity index is 596. The van der Waals surface area contributed by atoms with Gasteiger partial charge in [-0.2, -0.15) is 0 Å². The summed E-state index contributed by atoms with van der Waals surface area (Å²) in [5.74, 6) is 1.60. The van der Waals surface area contributed by atoms with Gasteiger partial charge in [-0.1, -0.05) is 12.1 Å². The van der Waals surface area contributed by atoms with Crippen molar-refractivity contribution in [2.45, 2.75) is 20.0 Å². The molecule has 1 aliphatic rings. The molecule has 1 aliphatic heterocycles.